The van der Waals surface area contributed by atoms with Gasteiger partial charge < -0.3 is 9.64 Å². The van der Waals surface area contributed by atoms with E-state index in [0.717, 1.165) is 35.8 Å². The molecule has 0 bridgehead atoms. The summed E-state index contributed by atoms with van der Waals surface area (Å²) in [5.41, 5.74) is 2.34. The molecule has 1 fully saturated rings. The van der Waals surface area contributed by atoms with E-state index in [-0.39, 0.29) is 11.8 Å². The van der Waals surface area contributed by atoms with Crippen molar-refractivity contribution in [3.8, 4) is 5.75 Å². The molecule has 2 amide bonds. The van der Waals surface area contributed by atoms with E-state index in [1.807, 2.05) is 66.7 Å². The first-order chi connectivity index (χ1) is 16.0. The fourth-order valence-corrected chi connectivity index (χ4v) is 5.30. The number of carbonyl (C=O) groups is 2. The largest absolute Gasteiger partial charge is 0.497 e. The van der Waals surface area contributed by atoms with E-state index in [9.17, 15) is 9.59 Å². The summed E-state index contributed by atoms with van der Waals surface area (Å²) in [5, 5.41) is 1.88. The summed E-state index contributed by atoms with van der Waals surface area (Å²) in [5.74, 6) is 1.09. The molecular formula is C28H28N2O3. The zero-order valence-electron chi connectivity index (χ0n) is 19.2. The number of methoxy groups -OCH3 is 1. The average molecular weight is 441 g/mol. The van der Waals surface area contributed by atoms with Crippen LogP contribution < -0.4 is 9.64 Å². The number of carbonyl (C=O) groups excluding carboxylic acids is 2. The Morgan fingerprint density at radius 3 is 2.18 bits per heavy atom. The maximum Gasteiger partial charge on any atom is 0.282 e. The molecule has 0 aromatic heterocycles. The minimum Gasteiger partial charge on any atom is -0.497 e. The van der Waals surface area contributed by atoms with Gasteiger partial charge in [0, 0.05) is 18.5 Å². The normalized spacial score (nSPS) is 21.3. The summed E-state index contributed by atoms with van der Waals surface area (Å²) < 4.78 is 5.30. The number of fused-ring (bicyclic) bond motifs is 1. The molecule has 168 valence electrons. The van der Waals surface area contributed by atoms with Crippen LogP contribution in [-0.2, 0) is 9.59 Å². The van der Waals surface area contributed by atoms with Gasteiger partial charge >= 0.3 is 0 Å². The van der Waals surface area contributed by atoms with Crippen LogP contribution >= 0.6 is 0 Å². The van der Waals surface area contributed by atoms with Crippen LogP contribution in [0.15, 0.2) is 72.4 Å². The van der Waals surface area contributed by atoms with Crippen molar-refractivity contribution in [3.63, 3.8) is 0 Å². The second-order valence-electron chi connectivity index (χ2n) is 9.25. The third-order valence-electron chi connectivity index (χ3n) is 6.63. The number of likely N-dealkylation sites (tertiary alicyclic amines) is 1. The van der Waals surface area contributed by atoms with Crippen molar-refractivity contribution in [1.82, 2.24) is 4.90 Å². The molecule has 2 unspecified atom stereocenters. The summed E-state index contributed by atoms with van der Waals surface area (Å²) in [6.45, 7) is 5.95. The summed E-state index contributed by atoms with van der Waals surface area (Å²) in [6.07, 6.45) is 1.12. The number of nitrogens with zero attached hydrogens (tertiary/aromatic N) is 2. The monoisotopic (exact) mass is 440 g/mol. The van der Waals surface area contributed by atoms with Gasteiger partial charge in [0.15, 0.2) is 0 Å². The molecule has 0 saturated carbocycles. The maximum absolute atomic E-state index is 14.0. The van der Waals surface area contributed by atoms with Crippen LogP contribution in [-0.4, -0.2) is 36.9 Å². The van der Waals surface area contributed by atoms with Gasteiger partial charge in [0.25, 0.3) is 11.8 Å². The Morgan fingerprint density at radius 1 is 0.818 bits per heavy atom. The van der Waals surface area contributed by atoms with E-state index in [4.69, 9.17) is 4.74 Å². The van der Waals surface area contributed by atoms with Gasteiger partial charge in [0.1, 0.15) is 11.4 Å². The molecular weight excluding hydrogens is 412 g/mol. The zero-order valence-corrected chi connectivity index (χ0v) is 19.2. The first-order valence-electron chi connectivity index (χ1n) is 11.5. The number of benzene rings is 3. The highest BCUT2D eigenvalue weighted by atomic mass is 16.5. The fraction of sp³-hybridized carbons (Fsp3) is 0.286. The van der Waals surface area contributed by atoms with E-state index in [2.05, 4.69) is 18.7 Å². The van der Waals surface area contributed by atoms with Crippen LogP contribution in [0.2, 0.25) is 0 Å². The van der Waals surface area contributed by atoms with Crippen molar-refractivity contribution in [2.45, 2.75) is 20.3 Å². The van der Waals surface area contributed by atoms with Crippen molar-refractivity contribution in [3.05, 3.63) is 78.0 Å². The van der Waals surface area contributed by atoms with Gasteiger partial charge in [-0.3, -0.25) is 9.59 Å². The predicted octanol–water partition coefficient (Wildman–Crippen LogP) is 5.11. The molecule has 3 aromatic carbocycles. The molecule has 2 heterocycles. The highest BCUT2D eigenvalue weighted by Gasteiger charge is 2.44. The van der Waals surface area contributed by atoms with Crippen LogP contribution in [0.25, 0.3) is 16.3 Å². The number of ether oxygens (including phenoxy) is 1. The standard InChI is InChI=1S/C28H28N2O3/c1-18-15-19(2)17-29(16-18)26-25(21-11-13-22(33-3)14-12-21)27(31)30(28(26)32)24-10-6-8-20-7-4-5-9-23(20)24/h4-14,18-19H,15-17H2,1-3H3. The van der Waals surface area contributed by atoms with Crippen molar-refractivity contribution in [1.29, 1.82) is 0 Å². The van der Waals surface area contributed by atoms with Crippen molar-refractivity contribution in [2.24, 2.45) is 11.8 Å². The molecule has 2 atom stereocenters. The Kier molecular flexibility index (Phi) is 5.41. The molecule has 2 aliphatic rings. The van der Waals surface area contributed by atoms with Crippen LogP contribution in [0.1, 0.15) is 25.8 Å². The molecule has 0 N–H and O–H groups in total. The van der Waals surface area contributed by atoms with Gasteiger partial charge in [-0.1, -0.05) is 62.4 Å². The molecule has 0 aliphatic carbocycles. The van der Waals surface area contributed by atoms with E-state index < -0.39 is 0 Å². The quantitative estimate of drug-likeness (QED) is 0.529. The Bertz CT molecular complexity index is 1250. The first-order valence-corrected chi connectivity index (χ1v) is 11.5. The van der Waals surface area contributed by atoms with Crippen LogP contribution in [0.5, 0.6) is 5.75 Å². The van der Waals surface area contributed by atoms with Gasteiger partial charge in [-0.2, -0.15) is 0 Å². The molecule has 1 saturated heterocycles. The molecule has 33 heavy (non-hydrogen) atoms. The highest BCUT2D eigenvalue weighted by molar-refractivity contribution is 6.46. The Hall–Kier alpha value is -3.60. The predicted molar refractivity (Wildman–Crippen MR) is 131 cm³/mol. The van der Waals surface area contributed by atoms with E-state index >= 15 is 0 Å². The van der Waals surface area contributed by atoms with E-state index in [1.165, 1.54) is 4.90 Å². The second kappa shape index (κ2) is 8.39. The third kappa shape index (κ3) is 3.67. The fourth-order valence-electron chi connectivity index (χ4n) is 5.30. The van der Waals surface area contributed by atoms with Crippen molar-refractivity contribution < 1.29 is 14.3 Å². The highest BCUT2D eigenvalue weighted by Crippen LogP contribution is 2.39. The number of rotatable bonds is 4. The average Bonchev–Trinajstić information content (AvgIpc) is 3.08. The number of hydrogen-bond donors (Lipinski definition) is 0. The van der Waals surface area contributed by atoms with E-state index in [0.29, 0.717) is 34.5 Å². The van der Waals surface area contributed by atoms with Gasteiger partial charge in [-0.15, -0.1) is 0 Å². The molecule has 3 aromatic rings. The lowest BCUT2D eigenvalue weighted by Gasteiger charge is -2.37. The molecule has 5 heteroatoms. The van der Waals surface area contributed by atoms with Crippen molar-refractivity contribution >= 4 is 33.8 Å². The minimum atomic E-state index is -0.276. The third-order valence-corrected chi connectivity index (χ3v) is 6.63. The molecule has 5 rings (SSSR count). The molecule has 0 spiro atoms. The zero-order chi connectivity index (χ0) is 23.1. The lowest BCUT2D eigenvalue weighted by molar-refractivity contribution is -0.120. The lowest BCUT2D eigenvalue weighted by Crippen LogP contribution is -2.42. The van der Waals surface area contributed by atoms with Gasteiger partial charge in [0.05, 0.1) is 18.4 Å². The minimum absolute atomic E-state index is 0.247. The second-order valence-corrected chi connectivity index (χ2v) is 9.25. The van der Waals surface area contributed by atoms with Gasteiger partial charge in [0.2, 0.25) is 0 Å². The summed E-state index contributed by atoms with van der Waals surface area (Å²) in [7, 11) is 1.61. The lowest BCUT2D eigenvalue weighted by atomic mass is 9.91. The number of hydrogen-bond acceptors (Lipinski definition) is 4. The summed E-state index contributed by atoms with van der Waals surface area (Å²) >= 11 is 0. The SMILES string of the molecule is COc1ccc(C2=C(N3CC(C)CC(C)C3)C(=O)N(c3cccc4ccccc34)C2=O)cc1. The Morgan fingerprint density at radius 2 is 1.48 bits per heavy atom. The van der Waals surface area contributed by atoms with Gasteiger partial charge in [-0.05, 0) is 47.4 Å². The maximum atomic E-state index is 14.0. The Balaban J connectivity index is 1.66. The van der Waals surface area contributed by atoms with Crippen LogP contribution in [0.3, 0.4) is 0 Å². The summed E-state index contributed by atoms with van der Waals surface area (Å²) in [6, 6.07) is 21.0. The smallest absolute Gasteiger partial charge is 0.282 e. The molecule has 5 nitrogen and oxygen atoms in total. The molecule has 0 radical (unpaired) electrons. The van der Waals surface area contributed by atoms with Crippen molar-refractivity contribution in [2.75, 3.05) is 25.1 Å². The number of piperidine rings is 1. The Labute approximate surface area is 194 Å². The first kappa shape index (κ1) is 21.3. The number of imide groups is 1. The van der Waals surface area contributed by atoms with Gasteiger partial charge in [-0.25, -0.2) is 4.90 Å². The molecule has 2 aliphatic heterocycles. The number of amides is 2. The van der Waals surface area contributed by atoms with E-state index in [1.54, 1.807) is 7.11 Å². The topological polar surface area (TPSA) is 49.9 Å². The van der Waals surface area contributed by atoms with Crippen LogP contribution in [0, 0.1) is 11.8 Å². The van der Waals surface area contributed by atoms with Crippen LogP contribution in [0.4, 0.5) is 5.69 Å². The summed E-state index contributed by atoms with van der Waals surface area (Å²) in [4.78, 5) is 31.4. The number of anilines is 1.